The van der Waals surface area contributed by atoms with Gasteiger partial charge in [-0.15, -0.1) is 0 Å². The lowest BCUT2D eigenvalue weighted by Crippen LogP contribution is -2.41. The molecule has 7 heteroatoms. The maximum atomic E-state index is 12.4. The monoisotopic (exact) mass is 293 g/mol. The fourth-order valence-corrected chi connectivity index (χ4v) is 2.44. The van der Waals surface area contributed by atoms with Crippen LogP contribution in [0.1, 0.15) is 23.2 Å². The maximum Gasteiger partial charge on any atom is 0.257 e. The van der Waals surface area contributed by atoms with Crippen molar-refractivity contribution < 1.29 is 19.8 Å². The molecular weight excluding hydrogens is 274 g/mol. The number of aromatic hydroxyl groups is 1. The van der Waals surface area contributed by atoms with E-state index in [0.717, 1.165) is 0 Å². The zero-order valence-corrected chi connectivity index (χ0v) is 11.8. The van der Waals surface area contributed by atoms with Crippen LogP contribution in [0.25, 0.3) is 0 Å². The second kappa shape index (κ2) is 6.34. The second-order valence-corrected chi connectivity index (χ2v) is 4.97. The van der Waals surface area contributed by atoms with E-state index < -0.39 is 0 Å². The van der Waals surface area contributed by atoms with Gasteiger partial charge in [-0.05, 0) is 31.0 Å². The van der Waals surface area contributed by atoms with Gasteiger partial charge < -0.3 is 25.7 Å². The second-order valence-electron chi connectivity index (χ2n) is 4.97. The number of ether oxygens (including phenoxy) is 1. The van der Waals surface area contributed by atoms with Gasteiger partial charge in [0.15, 0.2) is 0 Å². The molecule has 0 saturated carbocycles. The van der Waals surface area contributed by atoms with Crippen LogP contribution >= 0.6 is 0 Å². The molecular formula is C14H19N3O4. The van der Waals surface area contributed by atoms with E-state index in [2.05, 4.69) is 5.16 Å². The van der Waals surface area contributed by atoms with Crippen molar-refractivity contribution in [3.05, 3.63) is 23.8 Å². The molecule has 0 bridgehead atoms. The molecule has 1 aliphatic heterocycles. The zero-order valence-electron chi connectivity index (χ0n) is 11.8. The van der Waals surface area contributed by atoms with Crippen molar-refractivity contribution in [3.63, 3.8) is 0 Å². The van der Waals surface area contributed by atoms with Crippen LogP contribution in [-0.2, 0) is 0 Å². The van der Waals surface area contributed by atoms with E-state index in [4.69, 9.17) is 15.7 Å². The number of carbonyl (C=O) groups excluding carboxylic acids is 1. The minimum Gasteiger partial charge on any atom is -0.507 e. The summed E-state index contributed by atoms with van der Waals surface area (Å²) in [7, 11) is 1.50. The number of phenols is 1. The van der Waals surface area contributed by atoms with Crippen LogP contribution in [0.15, 0.2) is 23.4 Å². The minimum atomic E-state index is -0.246. The van der Waals surface area contributed by atoms with Gasteiger partial charge in [0.1, 0.15) is 17.3 Å². The Kier molecular flexibility index (Phi) is 4.52. The molecule has 1 aliphatic rings. The van der Waals surface area contributed by atoms with E-state index in [-0.39, 0.29) is 29.0 Å². The van der Waals surface area contributed by atoms with Gasteiger partial charge in [0.25, 0.3) is 5.91 Å². The molecule has 0 atom stereocenters. The molecule has 0 aliphatic carbocycles. The van der Waals surface area contributed by atoms with Gasteiger partial charge in [-0.1, -0.05) is 5.16 Å². The number of benzene rings is 1. The minimum absolute atomic E-state index is 0.0158. The number of methoxy groups -OCH3 is 1. The van der Waals surface area contributed by atoms with Crippen molar-refractivity contribution in [2.24, 2.45) is 16.8 Å². The van der Waals surface area contributed by atoms with Crippen molar-refractivity contribution in [2.45, 2.75) is 12.8 Å². The van der Waals surface area contributed by atoms with Gasteiger partial charge in [-0.25, -0.2) is 0 Å². The predicted octanol–water partition coefficient (Wildman–Crippen LogP) is 0.999. The molecule has 7 nitrogen and oxygen atoms in total. The molecule has 0 spiro atoms. The Morgan fingerprint density at radius 1 is 1.43 bits per heavy atom. The molecule has 4 N–H and O–H groups in total. The first-order valence-corrected chi connectivity index (χ1v) is 6.70. The fourth-order valence-electron chi connectivity index (χ4n) is 2.44. The zero-order chi connectivity index (χ0) is 15.4. The molecule has 0 radical (unpaired) electrons. The smallest absolute Gasteiger partial charge is 0.257 e. The third-order valence-corrected chi connectivity index (χ3v) is 3.75. The van der Waals surface area contributed by atoms with E-state index in [1.54, 1.807) is 11.0 Å². The number of carbonyl (C=O) groups is 1. The molecule has 1 aromatic carbocycles. The summed E-state index contributed by atoms with van der Waals surface area (Å²) in [5.41, 5.74) is 5.80. The quantitative estimate of drug-likeness (QED) is 0.333. The Balaban J connectivity index is 2.08. The van der Waals surface area contributed by atoms with Crippen LogP contribution in [0.5, 0.6) is 11.5 Å². The number of hydrogen-bond acceptors (Lipinski definition) is 5. The van der Waals surface area contributed by atoms with Crippen LogP contribution in [0.2, 0.25) is 0 Å². The van der Waals surface area contributed by atoms with E-state index in [0.29, 0.717) is 31.7 Å². The number of nitrogens with zero attached hydrogens (tertiary/aromatic N) is 2. The molecule has 0 aromatic heterocycles. The molecule has 21 heavy (non-hydrogen) atoms. The van der Waals surface area contributed by atoms with Gasteiger partial charge in [0.05, 0.1) is 12.7 Å². The van der Waals surface area contributed by atoms with Crippen LogP contribution in [0.3, 0.4) is 0 Å². The topological polar surface area (TPSA) is 108 Å². The number of likely N-dealkylation sites (tertiary alicyclic amines) is 1. The molecule has 1 fully saturated rings. The Morgan fingerprint density at radius 2 is 2.10 bits per heavy atom. The lowest BCUT2D eigenvalue weighted by molar-refractivity contribution is 0.0705. The van der Waals surface area contributed by atoms with E-state index in [1.165, 1.54) is 19.2 Å². The highest BCUT2D eigenvalue weighted by Crippen LogP contribution is 2.26. The van der Waals surface area contributed by atoms with Crippen molar-refractivity contribution in [1.82, 2.24) is 4.90 Å². The molecule has 0 unspecified atom stereocenters. The van der Waals surface area contributed by atoms with Crippen molar-refractivity contribution >= 4 is 11.7 Å². The molecule has 114 valence electrons. The molecule has 1 saturated heterocycles. The Hall–Kier alpha value is -2.44. The Morgan fingerprint density at radius 3 is 2.67 bits per heavy atom. The largest absolute Gasteiger partial charge is 0.507 e. The number of rotatable bonds is 3. The predicted molar refractivity (Wildman–Crippen MR) is 76.7 cm³/mol. The number of piperidine rings is 1. The summed E-state index contributed by atoms with van der Waals surface area (Å²) >= 11 is 0. The first kappa shape index (κ1) is 15.0. The first-order valence-electron chi connectivity index (χ1n) is 6.70. The highest BCUT2D eigenvalue weighted by atomic mass is 16.5. The normalized spacial score (nSPS) is 16.8. The Bertz CT molecular complexity index is 551. The summed E-state index contributed by atoms with van der Waals surface area (Å²) < 4.78 is 5.07. The maximum absolute atomic E-state index is 12.4. The van der Waals surface area contributed by atoms with E-state index in [1.807, 2.05) is 0 Å². The van der Waals surface area contributed by atoms with E-state index in [9.17, 15) is 9.90 Å². The standard InChI is InChI=1S/C14H19N3O4/c1-21-10-2-3-12(18)11(8-10)14(19)17-6-4-9(5-7-17)13(15)16-20/h2-3,8-9,18,20H,4-7H2,1H3,(H2,15,16). The summed E-state index contributed by atoms with van der Waals surface area (Å²) in [5, 5.41) is 21.5. The van der Waals surface area contributed by atoms with Crippen molar-refractivity contribution in [2.75, 3.05) is 20.2 Å². The summed E-state index contributed by atoms with van der Waals surface area (Å²) in [5.74, 6) is 0.385. The third-order valence-electron chi connectivity index (χ3n) is 3.75. The van der Waals surface area contributed by atoms with Gasteiger partial charge in [0.2, 0.25) is 0 Å². The first-order chi connectivity index (χ1) is 10.1. The van der Waals surface area contributed by atoms with Gasteiger partial charge in [-0.2, -0.15) is 0 Å². The number of oxime groups is 1. The average molecular weight is 293 g/mol. The molecule has 2 rings (SSSR count). The van der Waals surface area contributed by atoms with Gasteiger partial charge in [0, 0.05) is 19.0 Å². The van der Waals surface area contributed by atoms with Crippen LogP contribution in [0, 0.1) is 5.92 Å². The summed E-state index contributed by atoms with van der Waals surface area (Å²) in [6, 6.07) is 4.55. The van der Waals surface area contributed by atoms with E-state index >= 15 is 0 Å². The third kappa shape index (κ3) is 3.18. The Labute approximate surface area is 122 Å². The lowest BCUT2D eigenvalue weighted by atomic mass is 9.95. The molecule has 1 heterocycles. The van der Waals surface area contributed by atoms with Crippen LogP contribution < -0.4 is 10.5 Å². The summed E-state index contributed by atoms with van der Waals surface area (Å²) in [6.45, 7) is 0.993. The summed E-state index contributed by atoms with van der Waals surface area (Å²) in [6.07, 6.45) is 1.26. The fraction of sp³-hybridized carbons (Fsp3) is 0.429. The lowest BCUT2D eigenvalue weighted by Gasteiger charge is -2.31. The number of hydrogen-bond donors (Lipinski definition) is 3. The molecule has 1 amide bonds. The van der Waals surface area contributed by atoms with Gasteiger partial charge in [-0.3, -0.25) is 4.79 Å². The number of nitrogens with two attached hydrogens (primary N) is 1. The van der Waals surface area contributed by atoms with Crippen LogP contribution in [0.4, 0.5) is 0 Å². The SMILES string of the molecule is COc1ccc(O)c(C(=O)N2CCC(C(N)=NO)CC2)c1. The van der Waals surface area contributed by atoms with Crippen molar-refractivity contribution in [3.8, 4) is 11.5 Å². The van der Waals surface area contributed by atoms with Crippen molar-refractivity contribution in [1.29, 1.82) is 0 Å². The van der Waals surface area contributed by atoms with Crippen LogP contribution in [-0.4, -0.2) is 47.2 Å². The number of amides is 1. The highest BCUT2D eigenvalue weighted by molar-refractivity contribution is 5.97. The van der Waals surface area contributed by atoms with Gasteiger partial charge >= 0.3 is 0 Å². The molecule has 1 aromatic rings. The number of phenolic OH excluding ortho intramolecular Hbond substituents is 1. The summed E-state index contributed by atoms with van der Waals surface area (Å²) in [4.78, 5) is 14.1. The average Bonchev–Trinajstić information content (AvgIpc) is 2.54. The number of amidine groups is 1. The highest BCUT2D eigenvalue weighted by Gasteiger charge is 2.27.